The molecule has 7 nitrogen and oxygen atoms in total. The highest BCUT2D eigenvalue weighted by Crippen LogP contribution is 2.33. The Morgan fingerprint density at radius 3 is 2.42 bits per heavy atom. The summed E-state index contributed by atoms with van der Waals surface area (Å²) >= 11 is 0. The molecular formula is C27H35F3N2O5S. The number of hydrogen-bond donors (Lipinski definition) is 4. The normalized spacial score (nSPS) is 18.8. The van der Waals surface area contributed by atoms with Crippen LogP contribution in [0.4, 0.5) is 13.2 Å². The summed E-state index contributed by atoms with van der Waals surface area (Å²) in [5.41, 5.74) is 1.81. The van der Waals surface area contributed by atoms with Crippen LogP contribution in [0.1, 0.15) is 74.9 Å². The van der Waals surface area contributed by atoms with Gasteiger partial charge in [0.05, 0.1) is 22.3 Å². The Morgan fingerprint density at radius 2 is 1.79 bits per heavy atom. The number of carbonyl (C=O) groups excluding carboxylic acids is 1. The van der Waals surface area contributed by atoms with Crippen LogP contribution in [0.5, 0.6) is 0 Å². The maximum Gasteiger partial charge on any atom is 0.416 e. The standard InChI is InChI=1S/C27H35F3N2O5S/c1-16(32-26(2,3)4)17-11-12-21-18(13-17)7-5-10-22(21)31-25(35)24(34)23(33)15-38(36,37)20-9-6-8-19(14-20)27(28,29)30/h6,8-9,11-14,16,22-24,32-34H,5,7,10,15H2,1-4H3,(H,31,35)/t16-,22+,23+,24+/m0/s1. The highest BCUT2D eigenvalue weighted by atomic mass is 32.2. The number of carbonyl (C=O) groups is 1. The molecule has 0 saturated heterocycles. The Labute approximate surface area is 221 Å². The van der Waals surface area contributed by atoms with Gasteiger partial charge in [0.25, 0.3) is 5.91 Å². The van der Waals surface area contributed by atoms with Crippen LogP contribution in [0.3, 0.4) is 0 Å². The van der Waals surface area contributed by atoms with E-state index in [2.05, 4.69) is 44.4 Å². The average molecular weight is 557 g/mol. The summed E-state index contributed by atoms with van der Waals surface area (Å²) in [5.74, 6) is -2.08. The number of sulfone groups is 1. The number of nitrogens with one attached hydrogen (secondary N) is 2. The van der Waals surface area contributed by atoms with E-state index in [4.69, 9.17) is 0 Å². The largest absolute Gasteiger partial charge is 0.416 e. The van der Waals surface area contributed by atoms with Gasteiger partial charge in [0, 0.05) is 11.6 Å². The summed E-state index contributed by atoms with van der Waals surface area (Å²) in [4.78, 5) is 12.1. The SMILES string of the molecule is C[C@H](NC(C)(C)C)c1ccc2c(c1)CCC[C@H]2NC(=O)[C@H](O)[C@H](O)CS(=O)(=O)c1cccc(C(F)(F)F)c1. The minimum atomic E-state index is -4.75. The lowest BCUT2D eigenvalue weighted by Crippen LogP contribution is -2.46. The number of benzene rings is 2. The molecule has 210 valence electrons. The Balaban J connectivity index is 1.69. The number of aliphatic hydroxyl groups excluding tert-OH is 2. The molecule has 2 aromatic carbocycles. The maximum absolute atomic E-state index is 13.0. The van der Waals surface area contributed by atoms with Crippen LogP contribution in [0, 0.1) is 0 Å². The molecule has 1 amide bonds. The van der Waals surface area contributed by atoms with Crippen LogP contribution >= 0.6 is 0 Å². The van der Waals surface area contributed by atoms with Crippen molar-refractivity contribution in [2.45, 2.75) is 87.9 Å². The van der Waals surface area contributed by atoms with Gasteiger partial charge in [-0.15, -0.1) is 0 Å². The summed E-state index contributed by atoms with van der Waals surface area (Å²) in [6.07, 6.45) is -6.68. The second-order valence-corrected chi connectivity index (χ2v) is 12.9. The molecule has 0 unspecified atom stereocenters. The second-order valence-electron chi connectivity index (χ2n) is 10.8. The molecule has 38 heavy (non-hydrogen) atoms. The Bertz CT molecular complexity index is 1260. The summed E-state index contributed by atoms with van der Waals surface area (Å²) in [7, 11) is -4.42. The van der Waals surface area contributed by atoms with Gasteiger partial charge in [0.1, 0.15) is 6.10 Å². The first-order chi connectivity index (χ1) is 17.5. The molecule has 1 aliphatic carbocycles. The van der Waals surface area contributed by atoms with Gasteiger partial charge in [0.2, 0.25) is 0 Å². The van der Waals surface area contributed by atoms with E-state index in [1.807, 2.05) is 12.1 Å². The number of rotatable bonds is 8. The quantitative estimate of drug-likeness (QED) is 0.393. The molecule has 0 radical (unpaired) electrons. The van der Waals surface area contributed by atoms with Gasteiger partial charge in [-0.1, -0.05) is 24.3 Å². The monoisotopic (exact) mass is 556 g/mol. The zero-order valence-electron chi connectivity index (χ0n) is 21.8. The van der Waals surface area contributed by atoms with Crippen molar-refractivity contribution in [3.05, 3.63) is 64.7 Å². The topological polar surface area (TPSA) is 116 Å². The molecule has 0 heterocycles. The lowest BCUT2D eigenvalue weighted by molar-refractivity contribution is -0.137. The van der Waals surface area contributed by atoms with Crippen molar-refractivity contribution in [1.29, 1.82) is 0 Å². The van der Waals surface area contributed by atoms with Crippen molar-refractivity contribution < 1.29 is 36.6 Å². The van der Waals surface area contributed by atoms with Crippen LogP contribution in [-0.2, 0) is 27.2 Å². The van der Waals surface area contributed by atoms with Gasteiger partial charge in [-0.05, 0) is 81.8 Å². The van der Waals surface area contributed by atoms with Gasteiger partial charge in [0.15, 0.2) is 15.9 Å². The third-order valence-electron chi connectivity index (χ3n) is 6.49. The fourth-order valence-corrected chi connectivity index (χ4v) is 6.11. The first-order valence-electron chi connectivity index (χ1n) is 12.4. The van der Waals surface area contributed by atoms with Crippen molar-refractivity contribution in [2.24, 2.45) is 0 Å². The molecule has 11 heteroatoms. The Morgan fingerprint density at radius 1 is 1.11 bits per heavy atom. The van der Waals surface area contributed by atoms with E-state index in [0.29, 0.717) is 12.5 Å². The van der Waals surface area contributed by atoms with E-state index in [1.54, 1.807) is 0 Å². The summed E-state index contributed by atoms with van der Waals surface area (Å²) in [5, 5.41) is 26.9. The van der Waals surface area contributed by atoms with Gasteiger partial charge in [-0.25, -0.2) is 8.42 Å². The lowest BCUT2D eigenvalue weighted by Gasteiger charge is -2.30. The van der Waals surface area contributed by atoms with Crippen molar-refractivity contribution >= 4 is 15.7 Å². The Hall–Kier alpha value is -2.47. The minimum Gasteiger partial charge on any atom is -0.389 e. The molecule has 0 aliphatic heterocycles. The summed E-state index contributed by atoms with van der Waals surface area (Å²) < 4.78 is 64.1. The van der Waals surface area contributed by atoms with Crippen molar-refractivity contribution in [2.75, 3.05) is 5.75 Å². The molecule has 4 atom stereocenters. The van der Waals surface area contributed by atoms with Gasteiger partial charge < -0.3 is 20.8 Å². The minimum absolute atomic E-state index is 0.0720. The predicted octanol–water partition coefficient (Wildman–Crippen LogP) is 3.84. The predicted molar refractivity (Wildman–Crippen MR) is 137 cm³/mol. The molecule has 0 fully saturated rings. The van der Waals surface area contributed by atoms with Gasteiger partial charge in [-0.3, -0.25) is 4.79 Å². The van der Waals surface area contributed by atoms with Gasteiger partial charge in [-0.2, -0.15) is 13.2 Å². The smallest absolute Gasteiger partial charge is 0.389 e. The van der Waals surface area contributed by atoms with E-state index < -0.39 is 56.4 Å². The second kappa shape index (κ2) is 11.3. The first-order valence-corrected chi connectivity index (χ1v) is 14.1. The molecule has 0 spiro atoms. The number of hydrogen-bond acceptors (Lipinski definition) is 6. The molecule has 0 aromatic heterocycles. The molecule has 0 bridgehead atoms. The number of alkyl halides is 3. The fraction of sp³-hybridized carbons (Fsp3) is 0.519. The van der Waals surface area contributed by atoms with E-state index >= 15 is 0 Å². The number of fused-ring (bicyclic) bond motifs is 1. The summed E-state index contributed by atoms with van der Waals surface area (Å²) in [6, 6.07) is 8.75. The van der Waals surface area contributed by atoms with Crippen LogP contribution in [-0.4, -0.2) is 48.0 Å². The third kappa shape index (κ3) is 7.56. The molecule has 1 aliphatic rings. The van der Waals surface area contributed by atoms with E-state index in [-0.39, 0.29) is 11.6 Å². The fourth-order valence-electron chi connectivity index (χ4n) is 4.70. The third-order valence-corrected chi connectivity index (χ3v) is 8.24. The first kappa shape index (κ1) is 30.1. The van der Waals surface area contributed by atoms with Crippen LogP contribution in [0.25, 0.3) is 0 Å². The van der Waals surface area contributed by atoms with Crippen LogP contribution in [0.15, 0.2) is 47.4 Å². The van der Waals surface area contributed by atoms with E-state index in [0.717, 1.165) is 47.7 Å². The number of halogens is 3. The van der Waals surface area contributed by atoms with Crippen molar-refractivity contribution in [1.82, 2.24) is 10.6 Å². The average Bonchev–Trinajstić information content (AvgIpc) is 2.81. The van der Waals surface area contributed by atoms with E-state index in [9.17, 15) is 36.6 Å². The van der Waals surface area contributed by atoms with Crippen molar-refractivity contribution in [3.63, 3.8) is 0 Å². The number of amides is 1. The molecule has 0 saturated carbocycles. The zero-order valence-corrected chi connectivity index (χ0v) is 22.7. The molecule has 4 N–H and O–H groups in total. The summed E-state index contributed by atoms with van der Waals surface area (Å²) in [6.45, 7) is 8.31. The number of aliphatic hydroxyl groups is 2. The lowest BCUT2D eigenvalue weighted by atomic mass is 9.85. The molecular weight excluding hydrogens is 521 g/mol. The highest BCUT2D eigenvalue weighted by molar-refractivity contribution is 7.91. The maximum atomic E-state index is 13.0. The zero-order chi connectivity index (χ0) is 28.5. The van der Waals surface area contributed by atoms with E-state index in [1.165, 1.54) is 0 Å². The molecule has 3 rings (SSSR count). The van der Waals surface area contributed by atoms with Gasteiger partial charge >= 0.3 is 6.18 Å². The van der Waals surface area contributed by atoms with Crippen LogP contribution < -0.4 is 10.6 Å². The molecule has 2 aromatic rings. The van der Waals surface area contributed by atoms with Crippen LogP contribution in [0.2, 0.25) is 0 Å². The number of aryl methyl sites for hydroxylation is 1. The Kier molecular flexibility index (Phi) is 8.97. The van der Waals surface area contributed by atoms with Crippen molar-refractivity contribution in [3.8, 4) is 0 Å². The highest BCUT2D eigenvalue weighted by Gasteiger charge is 2.35.